The first-order chi connectivity index (χ1) is 14.6. The van der Waals surface area contributed by atoms with Crippen molar-refractivity contribution >= 4 is 20.7 Å². The lowest BCUT2D eigenvalue weighted by molar-refractivity contribution is 0.159. The van der Waals surface area contributed by atoms with E-state index in [1.165, 1.54) is 0 Å². The zero-order chi connectivity index (χ0) is 22.9. The number of nitrogens with two attached hydrogens (primary N) is 1. The summed E-state index contributed by atoms with van der Waals surface area (Å²) in [5.41, 5.74) is 10.1. The van der Waals surface area contributed by atoms with Gasteiger partial charge >= 0.3 is 0 Å². The highest BCUT2D eigenvalue weighted by molar-refractivity contribution is 6.77. The minimum Gasteiger partial charge on any atom is -0.408 e. The second-order valence-electron chi connectivity index (χ2n) is 9.75. The molecule has 1 aromatic carbocycles. The molecule has 178 valence electrons. The Balaban J connectivity index is 0.00000363. The Morgan fingerprint density at radius 1 is 0.938 bits per heavy atom. The van der Waals surface area contributed by atoms with Crippen molar-refractivity contribution in [1.82, 2.24) is 4.98 Å². The Labute approximate surface area is 198 Å². The number of rotatable bonds is 6. The van der Waals surface area contributed by atoms with Crippen molar-refractivity contribution in [2.24, 2.45) is 5.73 Å². The van der Waals surface area contributed by atoms with Crippen LogP contribution in [0.15, 0.2) is 36.5 Å². The molecule has 1 heterocycles. The Bertz CT molecular complexity index is 887. The molecule has 0 spiro atoms. The number of hydrogen-bond acceptors (Lipinski definition) is 3. The lowest BCUT2D eigenvalue weighted by Crippen LogP contribution is -2.48. The van der Waals surface area contributed by atoms with E-state index in [1.807, 2.05) is 12.1 Å². The van der Waals surface area contributed by atoms with Gasteiger partial charge in [-0.15, -0.1) is 12.4 Å². The average Bonchev–Trinajstić information content (AvgIpc) is 2.84. The summed E-state index contributed by atoms with van der Waals surface area (Å²) < 4.78 is 35.8. The van der Waals surface area contributed by atoms with Crippen LogP contribution in [0.2, 0.25) is 16.6 Å². The molecule has 0 aliphatic heterocycles. The summed E-state index contributed by atoms with van der Waals surface area (Å²) in [4.78, 5) is 4.69. The van der Waals surface area contributed by atoms with Crippen molar-refractivity contribution in [3.8, 4) is 0 Å². The molecule has 2 N–H and O–H groups in total. The molecule has 0 fully saturated rings. The molecule has 3 rings (SSSR count). The zero-order valence-corrected chi connectivity index (χ0v) is 21.8. The van der Waals surface area contributed by atoms with Gasteiger partial charge in [0.1, 0.15) is 0 Å². The van der Waals surface area contributed by atoms with Crippen LogP contribution in [0.5, 0.6) is 0 Å². The lowest BCUT2D eigenvalue weighted by atomic mass is 9.86. The van der Waals surface area contributed by atoms with Crippen molar-refractivity contribution in [2.45, 2.75) is 89.1 Å². The Morgan fingerprint density at radius 3 is 2.12 bits per heavy atom. The lowest BCUT2D eigenvalue weighted by Gasteiger charge is -2.44. The molecule has 0 amide bonds. The van der Waals surface area contributed by atoms with Gasteiger partial charge in [0.15, 0.2) is 11.6 Å². The first-order valence-corrected chi connectivity index (χ1v) is 13.6. The van der Waals surface area contributed by atoms with Crippen LogP contribution in [0, 0.1) is 11.6 Å². The fourth-order valence-electron chi connectivity index (χ4n) is 5.77. The quantitative estimate of drug-likeness (QED) is 0.340. The summed E-state index contributed by atoms with van der Waals surface area (Å²) >= 11 is 0. The molecule has 2 aromatic rings. The van der Waals surface area contributed by atoms with Crippen LogP contribution < -0.4 is 5.73 Å². The van der Waals surface area contributed by atoms with Crippen LogP contribution >= 0.6 is 12.4 Å². The molecule has 32 heavy (non-hydrogen) atoms. The monoisotopic (exact) mass is 482 g/mol. The van der Waals surface area contributed by atoms with Gasteiger partial charge in [-0.1, -0.05) is 59.7 Å². The zero-order valence-electron chi connectivity index (χ0n) is 19.9. The third-order valence-electron chi connectivity index (χ3n) is 7.14. The van der Waals surface area contributed by atoms with E-state index in [0.717, 1.165) is 17.3 Å². The van der Waals surface area contributed by atoms with Crippen LogP contribution in [0.4, 0.5) is 8.78 Å². The van der Waals surface area contributed by atoms with Gasteiger partial charge in [0.2, 0.25) is 8.32 Å². The molecule has 1 aromatic heterocycles. The van der Waals surface area contributed by atoms with Gasteiger partial charge in [0.05, 0.1) is 11.8 Å². The maximum Gasteiger partial charge on any atom is 0.201 e. The van der Waals surface area contributed by atoms with E-state index in [0.29, 0.717) is 35.0 Å². The van der Waals surface area contributed by atoms with Gasteiger partial charge in [-0.25, -0.2) is 8.78 Å². The number of fused-ring (bicyclic) bond motifs is 1. The van der Waals surface area contributed by atoms with Crippen LogP contribution in [0.3, 0.4) is 0 Å². The highest BCUT2D eigenvalue weighted by atomic mass is 35.5. The Morgan fingerprint density at radius 2 is 1.53 bits per heavy atom. The van der Waals surface area contributed by atoms with Crippen molar-refractivity contribution in [2.75, 3.05) is 0 Å². The van der Waals surface area contributed by atoms with Gasteiger partial charge in [0.25, 0.3) is 0 Å². The van der Waals surface area contributed by atoms with Gasteiger partial charge in [-0.05, 0) is 52.7 Å². The number of aromatic nitrogens is 1. The van der Waals surface area contributed by atoms with E-state index in [4.69, 9.17) is 15.1 Å². The van der Waals surface area contributed by atoms with Gasteiger partial charge in [0, 0.05) is 18.2 Å². The fourth-order valence-corrected chi connectivity index (χ4v) is 11.3. The van der Waals surface area contributed by atoms with E-state index in [9.17, 15) is 8.78 Å². The highest BCUT2D eigenvalue weighted by Crippen LogP contribution is 2.49. The molecule has 3 nitrogen and oxygen atoms in total. The topological polar surface area (TPSA) is 48.1 Å². The number of hydrogen-bond donors (Lipinski definition) is 1. The number of halogens is 3. The molecule has 7 heteroatoms. The maximum absolute atomic E-state index is 14.7. The minimum atomic E-state index is -2.16. The number of benzene rings is 1. The van der Waals surface area contributed by atoms with Crippen LogP contribution in [0.25, 0.3) is 0 Å². The Hall–Kier alpha value is -1.34. The van der Waals surface area contributed by atoms with Gasteiger partial charge in [-0.3, -0.25) is 4.98 Å². The Kier molecular flexibility index (Phi) is 9.02. The van der Waals surface area contributed by atoms with E-state index in [2.05, 4.69) is 41.5 Å². The minimum absolute atomic E-state index is 0. The molecule has 0 saturated carbocycles. The van der Waals surface area contributed by atoms with Crippen LogP contribution in [-0.2, 0) is 4.43 Å². The van der Waals surface area contributed by atoms with Gasteiger partial charge < -0.3 is 10.2 Å². The molecule has 3 atom stereocenters. The molecular weight excluding hydrogens is 446 g/mol. The summed E-state index contributed by atoms with van der Waals surface area (Å²) in [6.45, 7) is 13.6. The van der Waals surface area contributed by atoms with Crippen molar-refractivity contribution in [3.05, 3.63) is 65.0 Å². The molecule has 0 radical (unpaired) electrons. The third-order valence-corrected chi connectivity index (χ3v) is 13.3. The third kappa shape index (κ3) is 4.79. The summed E-state index contributed by atoms with van der Waals surface area (Å²) in [6, 6.07) is 7.70. The average molecular weight is 483 g/mol. The largest absolute Gasteiger partial charge is 0.408 e. The SMILES string of the molecule is CC(C)[Si](O[C@@H]1CC[C@@H](c2cccc(F)c2F)[C@H](N)c2cccnc21)(C(C)C)C(C)C.Cl. The maximum atomic E-state index is 14.7. The molecule has 1 aliphatic rings. The standard InChI is InChI=1S/C25H36F2N2OSi.ClH/c1-15(2)31(16(3)4,17(5)6)30-22-13-12-19(18-9-7-11-21(26)23(18)27)24(28)20-10-8-14-29-25(20)22;/h7-11,14-17,19,22,24H,12-13,28H2,1-6H3;1H/t19-,22+,24-;/m0./s1. The molecule has 1 aliphatic carbocycles. The number of nitrogens with zero attached hydrogens (tertiary/aromatic N) is 1. The smallest absolute Gasteiger partial charge is 0.201 e. The normalized spacial score (nSPS) is 21.4. The highest BCUT2D eigenvalue weighted by Gasteiger charge is 2.48. The summed E-state index contributed by atoms with van der Waals surface area (Å²) in [6.07, 6.45) is 2.87. The summed E-state index contributed by atoms with van der Waals surface area (Å²) in [5, 5.41) is 0. The first-order valence-electron chi connectivity index (χ1n) is 11.4. The van der Waals surface area contributed by atoms with Gasteiger partial charge in [-0.2, -0.15) is 0 Å². The summed E-state index contributed by atoms with van der Waals surface area (Å²) in [5.74, 6) is -1.97. The van der Waals surface area contributed by atoms with E-state index in [1.54, 1.807) is 18.3 Å². The van der Waals surface area contributed by atoms with E-state index >= 15 is 0 Å². The molecule has 0 saturated heterocycles. The second kappa shape index (κ2) is 10.7. The van der Waals surface area contributed by atoms with Crippen molar-refractivity contribution in [3.63, 3.8) is 0 Å². The molecular formula is C25H37ClF2N2OSi. The second-order valence-corrected chi connectivity index (χ2v) is 15.2. The predicted molar refractivity (Wildman–Crippen MR) is 132 cm³/mol. The van der Waals surface area contributed by atoms with Crippen molar-refractivity contribution < 1.29 is 13.2 Å². The van der Waals surface area contributed by atoms with Crippen LogP contribution in [-0.4, -0.2) is 13.3 Å². The predicted octanol–water partition coefficient (Wildman–Crippen LogP) is 7.59. The summed E-state index contributed by atoms with van der Waals surface area (Å²) in [7, 11) is -2.16. The first kappa shape index (κ1) is 26.9. The van der Waals surface area contributed by atoms with E-state index in [-0.39, 0.29) is 24.4 Å². The van der Waals surface area contributed by atoms with Crippen LogP contribution in [0.1, 0.15) is 89.3 Å². The molecule has 0 unspecified atom stereocenters. The fraction of sp³-hybridized carbons (Fsp3) is 0.560. The number of pyridine rings is 1. The van der Waals surface area contributed by atoms with Crippen molar-refractivity contribution in [1.29, 1.82) is 0 Å². The molecule has 0 bridgehead atoms. The van der Waals surface area contributed by atoms with E-state index < -0.39 is 26.0 Å².